The first kappa shape index (κ1) is 7.82. The molecule has 0 N–H and O–H groups in total. The summed E-state index contributed by atoms with van der Waals surface area (Å²) in [6.07, 6.45) is 2.43. The van der Waals surface area contributed by atoms with Crippen LogP contribution in [0.3, 0.4) is 0 Å². The minimum atomic E-state index is 0.462. The van der Waals surface area contributed by atoms with Crippen LogP contribution in [0.5, 0.6) is 0 Å². The number of rotatable bonds is 1. The summed E-state index contributed by atoms with van der Waals surface area (Å²) in [6.45, 7) is 0. The summed E-state index contributed by atoms with van der Waals surface area (Å²) in [5, 5.41) is 0.810. The smallest absolute Gasteiger partial charge is 0.170 e. The lowest BCUT2D eigenvalue weighted by Gasteiger charge is -1.88. The highest BCUT2D eigenvalue weighted by Crippen LogP contribution is 2.22. The lowest BCUT2D eigenvalue weighted by molar-refractivity contribution is 0.112. The summed E-state index contributed by atoms with van der Waals surface area (Å²) in [4.78, 5) is 15.4. The van der Waals surface area contributed by atoms with E-state index >= 15 is 0 Å². The Kier molecular flexibility index (Phi) is 1.90. The lowest BCUT2D eigenvalue weighted by atomic mass is 10.3. The average Bonchev–Trinajstić information content (AvgIpc) is 2.46. The fourth-order valence-electron chi connectivity index (χ4n) is 0.910. The zero-order chi connectivity index (χ0) is 8.55. The molecule has 0 unspecified atom stereocenters. The van der Waals surface area contributed by atoms with Crippen LogP contribution in [0.15, 0.2) is 16.7 Å². The van der Waals surface area contributed by atoms with Crippen LogP contribution in [0.25, 0.3) is 10.2 Å². The van der Waals surface area contributed by atoms with Gasteiger partial charge in [0.25, 0.3) is 0 Å². The number of carbonyl (C=O) groups is 1. The number of fused-ring (bicyclic) bond motifs is 1. The van der Waals surface area contributed by atoms with E-state index in [1.165, 1.54) is 11.5 Å². The number of pyridine rings is 1. The van der Waals surface area contributed by atoms with Crippen LogP contribution in [0, 0.1) is 0 Å². The first-order valence-corrected chi connectivity index (χ1v) is 4.74. The summed E-state index contributed by atoms with van der Waals surface area (Å²) in [5.41, 5.74) is 0.462. The summed E-state index contributed by atoms with van der Waals surface area (Å²) in [5.74, 6) is 0. The van der Waals surface area contributed by atoms with Crippen LogP contribution in [-0.4, -0.2) is 15.6 Å². The molecule has 0 atom stereocenters. The van der Waals surface area contributed by atoms with Gasteiger partial charge in [-0.1, -0.05) is 0 Å². The Labute approximate surface area is 80.7 Å². The number of hydrogen-bond donors (Lipinski definition) is 0. The molecule has 0 aliphatic rings. The maximum absolute atomic E-state index is 10.5. The monoisotopic (exact) mass is 242 g/mol. The van der Waals surface area contributed by atoms with Gasteiger partial charge in [0.1, 0.15) is 10.5 Å². The van der Waals surface area contributed by atoms with Gasteiger partial charge in [-0.15, -0.1) is 0 Å². The van der Waals surface area contributed by atoms with Gasteiger partial charge >= 0.3 is 0 Å². The topological polar surface area (TPSA) is 42.9 Å². The number of aromatic nitrogens is 2. The van der Waals surface area contributed by atoms with Gasteiger partial charge in [-0.2, -0.15) is 4.37 Å². The quantitative estimate of drug-likeness (QED) is 0.721. The van der Waals surface area contributed by atoms with Gasteiger partial charge in [-0.25, -0.2) is 4.98 Å². The molecular weight excluding hydrogens is 240 g/mol. The van der Waals surface area contributed by atoms with Gasteiger partial charge in [-0.05, 0) is 33.5 Å². The fourth-order valence-corrected chi connectivity index (χ4v) is 1.93. The second-order valence-corrected chi connectivity index (χ2v) is 3.86. The van der Waals surface area contributed by atoms with Crippen molar-refractivity contribution >= 4 is 44.0 Å². The van der Waals surface area contributed by atoms with Crippen molar-refractivity contribution in [2.75, 3.05) is 0 Å². The van der Waals surface area contributed by atoms with E-state index in [0.717, 1.165) is 21.0 Å². The predicted octanol–water partition coefficient (Wildman–Crippen LogP) is 2.27. The molecular formula is C7H3BrN2OS. The van der Waals surface area contributed by atoms with Gasteiger partial charge in [0.2, 0.25) is 0 Å². The van der Waals surface area contributed by atoms with Gasteiger partial charge in [-0.3, -0.25) is 4.79 Å². The van der Waals surface area contributed by atoms with Crippen LogP contribution in [0.1, 0.15) is 10.5 Å². The Hall–Kier alpha value is -0.810. The fraction of sp³-hybridized carbons (Fsp3) is 0. The van der Waals surface area contributed by atoms with E-state index in [0.29, 0.717) is 5.69 Å². The van der Waals surface area contributed by atoms with E-state index < -0.39 is 0 Å². The Morgan fingerprint density at radius 3 is 3.17 bits per heavy atom. The average molecular weight is 243 g/mol. The summed E-state index contributed by atoms with van der Waals surface area (Å²) in [6, 6.07) is 1.84. The number of carbonyl (C=O) groups excluding carboxylic acids is 1. The van der Waals surface area contributed by atoms with E-state index in [9.17, 15) is 4.79 Å². The molecule has 0 radical (unpaired) electrons. The highest BCUT2D eigenvalue weighted by molar-refractivity contribution is 9.10. The van der Waals surface area contributed by atoms with E-state index in [2.05, 4.69) is 25.3 Å². The van der Waals surface area contributed by atoms with Crippen molar-refractivity contribution in [3.8, 4) is 0 Å². The third-order valence-corrected chi connectivity index (χ3v) is 2.66. The number of aldehydes is 1. The molecule has 2 aromatic heterocycles. The van der Waals surface area contributed by atoms with Gasteiger partial charge in [0, 0.05) is 16.1 Å². The molecule has 0 aliphatic heterocycles. The van der Waals surface area contributed by atoms with Crippen molar-refractivity contribution in [1.29, 1.82) is 0 Å². The highest BCUT2D eigenvalue weighted by atomic mass is 79.9. The van der Waals surface area contributed by atoms with Crippen molar-refractivity contribution in [3.63, 3.8) is 0 Å². The summed E-state index contributed by atoms with van der Waals surface area (Å²) in [7, 11) is 0. The van der Waals surface area contributed by atoms with Crippen LogP contribution in [0.2, 0.25) is 0 Å². The second-order valence-electron chi connectivity index (χ2n) is 2.19. The maximum atomic E-state index is 10.5. The predicted molar refractivity (Wildman–Crippen MR) is 50.5 cm³/mol. The van der Waals surface area contributed by atoms with E-state index in [1.807, 2.05) is 6.07 Å². The largest absolute Gasteiger partial charge is 0.296 e. The molecule has 5 heteroatoms. The van der Waals surface area contributed by atoms with Crippen molar-refractivity contribution in [2.24, 2.45) is 0 Å². The molecule has 3 nitrogen and oxygen atoms in total. The SMILES string of the molecule is O=Cc1nsc2ncc(Br)cc12. The third kappa shape index (κ3) is 1.15. The molecule has 0 fully saturated rings. The Bertz CT molecular complexity index is 440. The zero-order valence-corrected chi connectivity index (χ0v) is 8.22. The molecule has 2 rings (SSSR count). The zero-order valence-electron chi connectivity index (χ0n) is 5.82. The summed E-state index contributed by atoms with van der Waals surface area (Å²) >= 11 is 4.51. The Balaban J connectivity index is 2.83. The van der Waals surface area contributed by atoms with E-state index in [1.54, 1.807) is 6.20 Å². The van der Waals surface area contributed by atoms with E-state index in [4.69, 9.17) is 0 Å². The van der Waals surface area contributed by atoms with Gasteiger partial charge in [0.05, 0.1) is 0 Å². The lowest BCUT2D eigenvalue weighted by Crippen LogP contribution is -1.79. The highest BCUT2D eigenvalue weighted by Gasteiger charge is 2.05. The van der Waals surface area contributed by atoms with Crippen molar-refractivity contribution in [3.05, 3.63) is 22.4 Å². The molecule has 60 valence electrons. The normalized spacial score (nSPS) is 10.4. The molecule has 0 amide bonds. The number of halogens is 1. The molecule has 0 aromatic carbocycles. The minimum Gasteiger partial charge on any atom is -0.296 e. The first-order chi connectivity index (χ1) is 5.81. The first-order valence-electron chi connectivity index (χ1n) is 3.17. The van der Waals surface area contributed by atoms with Crippen LogP contribution in [0.4, 0.5) is 0 Å². The second kappa shape index (κ2) is 2.91. The molecule has 2 heterocycles. The number of hydrogen-bond acceptors (Lipinski definition) is 4. The van der Waals surface area contributed by atoms with Gasteiger partial charge < -0.3 is 0 Å². The Morgan fingerprint density at radius 2 is 2.42 bits per heavy atom. The molecule has 0 bridgehead atoms. The van der Waals surface area contributed by atoms with Crippen LogP contribution >= 0.6 is 27.5 Å². The molecule has 2 aromatic rings. The molecule has 0 aliphatic carbocycles. The minimum absolute atomic E-state index is 0.462. The maximum Gasteiger partial charge on any atom is 0.170 e. The van der Waals surface area contributed by atoms with Crippen molar-refractivity contribution < 1.29 is 4.79 Å². The number of nitrogens with zero attached hydrogens (tertiary/aromatic N) is 2. The van der Waals surface area contributed by atoms with Crippen molar-refractivity contribution in [2.45, 2.75) is 0 Å². The van der Waals surface area contributed by atoms with E-state index in [-0.39, 0.29) is 0 Å². The van der Waals surface area contributed by atoms with Crippen LogP contribution in [-0.2, 0) is 0 Å². The van der Waals surface area contributed by atoms with Crippen LogP contribution < -0.4 is 0 Å². The van der Waals surface area contributed by atoms with Gasteiger partial charge in [0.15, 0.2) is 6.29 Å². The molecule has 0 spiro atoms. The molecule has 0 saturated carbocycles. The summed E-state index contributed by atoms with van der Waals surface area (Å²) < 4.78 is 4.80. The standard InChI is InChI=1S/C7H3BrN2OS/c8-4-1-5-6(3-11)10-12-7(5)9-2-4/h1-3H. The molecule has 12 heavy (non-hydrogen) atoms. The Morgan fingerprint density at radius 1 is 1.58 bits per heavy atom. The third-order valence-electron chi connectivity index (χ3n) is 1.44. The molecule has 0 saturated heterocycles. The van der Waals surface area contributed by atoms with Crippen molar-refractivity contribution in [1.82, 2.24) is 9.36 Å².